The van der Waals surface area contributed by atoms with E-state index in [1.807, 2.05) is 0 Å². The maximum Gasteiger partial charge on any atom is 0.240 e. The van der Waals surface area contributed by atoms with Crippen molar-refractivity contribution < 1.29 is 8.78 Å². The maximum atomic E-state index is 12.0. The third kappa shape index (κ3) is 3.74. The van der Waals surface area contributed by atoms with Crippen molar-refractivity contribution >= 4 is 24.0 Å². The van der Waals surface area contributed by atoms with Gasteiger partial charge in [-0.05, 0) is 6.07 Å². The molecule has 2 N–H and O–H groups in total. The van der Waals surface area contributed by atoms with Crippen molar-refractivity contribution in [3.05, 3.63) is 29.0 Å². The second kappa shape index (κ2) is 6.11. The molecule has 1 rings (SSSR count). The molecule has 80 valence electrons. The summed E-state index contributed by atoms with van der Waals surface area (Å²) < 4.78 is 23.9. The molecule has 0 radical (unpaired) electrons. The lowest BCUT2D eigenvalue weighted by atomic mass is 10.1. The van der Waals surface area contributed by atoms with Gasteiger partial charge in [-0.2, -0.15) is 0 Å². The van der Waals surface area contributed by atoms with Crippen molar-refractivity contribution in [3.63, 3.8) is 0 Å². The number of halogens is 4. The van der Waals surface area contributed by atoms with Crippen LogP contribution in [-0.4, -0.2) is 11.4 Å². The fourth-order valence-electron chi connectivity index (χ4n) is 0.994. The van der Waals surface area contributed by atoms with Gasteiger partial charge in [-0.15, -0.1) is 12.4 Å². The molecule has 14 heavy (non-hydrogen) atoms. The van der Waals surface area contributed by atoms with Gasteiger partial charge in [0.15, 0.2) is 0 Å². The van der Waals surface area contributed by atoms with Crippen LogP contribution in [-0.2, 0) is 0 Å². The molecule has 0 unspecified atom stereocenters. The number of nitrogens with two attached hydrogens (primary N) is 1. The van der Waals surface area contributed by atoms with E-state index in [1.54, 1.807) is 12.1 Å². The van der Waals surface area contributed by atoms with Crippen LogP contribution in [0.5, 0.6) is 0 Å². The van der Waals surface area contributed by atoms with Crippen LogP contribution in [0.25, 0.3) is 0 Å². The Hall–Kier alpha value is -0.450. The zero-order valence-corrected chi connectivity index (χ0v) is 8.73. The summed E-state index contributed by atoms with van der Waals surface area (Å²) in [4.78, 5) is 3.75. The average Bonchev–Trinajstić information content (AvgIpc) is 2.03. The van der Waals surface area contributed by atoms with Crippen LogP contribution in [0.3, 0.4) is 0 Å². The van der Waals surface area contributed by atoms with Crippen LogP contribution < -0.4 is 5.73 Å². The van der Waals surface area contributed by atoms with E-state index in [9.17, 15) is 8.78 Å². The predicted octanol–water partition coefficient (Wildman–Crippen LogP) is 2.81. The second-order valence-electron chi connectivity index (χ2n) is 2.62. The van der Waals surface area contributed by atoms with E-state index in [4.69, 9.17) is 17.3 Å². The van der Waals surface area contributed by atoms with Crippen LogP contribution in [0, 0.1) is 0 Å². The zero-order chi connectivity index (χ0) is 9.84. The van der Waals surface area contributed by atoms with Gasteiger partial charge in [-0.25, -0.2) is 13.8 Å². The Morgan fingerprint density at radius 2 is 2.14 bits per heavy atom. The summed E-state index contributed by atoms with van der Waals surface area (Å²) >= 11 is 5.67. The van der Waals surface area contributed by atoms with Crippen molar-refractivity contribution in [2.45, 2.75) is 18.9 Å². The highest BCUT2D eigenvalue weighted by atomic mass is 35.5. The summed E-state index contributed by atoms with van der Waals surface area (Å²) in [6.07, 6.45) is -1.34. The quantitative estimate of drug-likeness (QED) is 0.829. The first-order valence-electron chi connectivity index (χ1n) is 3.75. The van der Waals surface area contributed by atoms with Crippen LogP contribution in [0.15, 0.2) is 18.3 Å². The Bertz CT molecular complexity index is 284. The third-order valence-electron chi connectivity index (χ3n) is 1.62. The van der Waals surface area contributed by atoms with Crippen LogP contribution in [0.1, 0.15) is 18.0 Å². The molecule has 0 fully saturated rings. The van der Waals surface area contributed by atoms with Gasteiger partial charge in [-0.1, -0.05) is 17.7 Å². The maximum absolute atomic E-state index is 12.0. The molecule has 6 heteroatoms. The molecular formula is C8H10Cl2F2N2. The lowest BCUT2D eigenvalue weighted by Crippen LogP contribution is -2.14. The molecule has 0 saturated heterocycles. The number of alkyl halides is 2. The number of hydrogen-bond acceptors (Lipinski definition) is 2. The Balaban J connectivity index is 0.00000169. The van der Waals surface area contributed by atoms with Gasteiger partial charge >= 0.3 is 0 Å². The Morgan fingerprint density at radius 1 is 1.50 bits per heavy atom. The molecule has 1 aromatic heterocycles. The van der Waals surface area contributed by atoms with Crippen LogP contribution in [0.2, 0.25) is 5.15 Å². The largest absolute Gasteiger partial charge is 0.324 e. The monoisotopic (exact) mass is 242 g/mol. The normalized spacial score (nSPS) is 12.4. The molecule has 0 amide bonds. The van der Waals surface area contributed by atoms with Gasteiger partial charge in [0.2, 0.25) is 6.43 Å². The van der Waals surface area contributed by atoms with Crippen molar-refractivity contribution in [1.29, 1.82) is 0 Å². The van der Waals surface area contributed by atoms with E-state index in [1.165, 1.54) is 6.20 Å². The lowest BCUT2D eigenvalue weighted by Gasteiger charge is -2.11. The number of pyridine rings is 1. The number of aromatic nitrogens is 1. The minimum Gasteiger partial charge on any atom is -0.324 e. The molecular weight excluding hydrogens is 233 g/mol. The SMILES string of the molecule is Cl.N[C@@H](CC(F)F)c1cccnc1Cl. The Morgan fingerprint density at radius 3 is 2.64 bits per heavy atom. The molecule has 1 atom stereocenters. The molecule has 0 aliphatic carbocycles. The summed E-state index contributed by atoms with van der Waals surface area (Å²) in [5, 5.41) is 0.190. The molecule has 0 bridgehead atoms. The number of hydrogen-bond donors (Lipinski definition) is 1. The molecule has 0 aliphatic rings. The van der Waals surface area contributed by atoms with E-state index < -0.39 is 18.9 Å². The van der Waals surface area contributed by atoms with Crippen LogP contribution >= 0.6 is 24.0 Å². The standard InChI is InChI=1S/C8H9ClF2N2.ClH/c9-8-5(2-1-3-13-8)6(12)4-7(10)11;/h1-3,6-7H,4,12H2;1H/t6-;/m0./s1. The van der Waals surface area contributed by atoms with Gasteiger partial charge in [0.1, 0.15) is 5.15 Å². The highest BCUT2D eigenvalue weighted by Crippen LogP contribution is 2.23. The summed E-state index contributed by atoms with van der Waals surface area (Å²) in [5.41, 5.74) is 5.95. The third-order valence-corrected chi connectivity index (χ3v) is 1.94. The zero-order valence-electron chi connectivity index (χ0n) is 7.16. The molecule has 0 saturated carbocycles. The minimum absolute atomic E-state index is 0. The van der Waals surface area contributed by atoms with Gasteiger partial charge in [-0.3, -0.25) is 0 Å². The summed E-state index contributed by atoms with van der Waals surface area (Å²) in [7, 11) is 0. The number of rotatable bonds is 3. The molecule has 1 aromatic rings. The van der Waals surface area contributed by atoms with Gasteiger partial charge < -0.3 is 5.73 Å². The second-order valence-corrected chi connectivity index (χ2v) is 2.97. The summed E-state index contributed by atoms with van der Waals surface area (Å²) in [6, 6.07) is 2.47. The highest BCUT2D eigenvalue weighted by molar-refractivity contribution is 6.30. The van der Waals surface area contributed by atoms with E-state index in [2.05, 4.69) is 4.98 Å². The van der Waals surface area contributed by atoms with E-state index in [0.717, 1.165) is 0 Å². The van der Waals surface area contributed by atoms with E-state index in [0.29, 0.717) is 5.56 Å². The molecule has 2 nitrogen and oxygen atoms in total. The summed E-state index contributed by atoms with van der Waals surface area (Å²) in [6.45, 7) is 0. The topological polar surface area (TPSA) is 38.9 Å². The van der Waals surface area contributed by atoms with Gasteiger partial charge in [0.05, 0.1) is 0 Å². The number of nitrogens with zero attached hydrogens (tertiary/aromatic N) is 1. The van der Waals surface area contributed by atoms with E-state index in [-0.39, 0.29) is 17.6 Å². The fraction of sp³-hybridized carbons (Fsp3) is 0.375. The van der Waals surface area contributed by atoms with Crippen molar-refractivity contribution in [2.24, 2.45) is 5.73 Å². The molecule has 0 aliphatic heterocycles. The lowest BCUT2D eigenvalue weighted by molar-refractivity contribution is 0.128. The van der Waals surface area contributed by atoms with Crippen LogP contribution in [0.4, 0.5) is 8.78 Å². The fourth-order valence-corrected chi connectivity index (χ4v) is 1.25. The van der Waals surface area contributed by atoms with Gasteiger partial charge in [0.25, 0.3) is 0 Å². The van der Waals surface area contributed by atoms with Gasteiger partial charge in [0, 0.05) is 24.2 Å². The first kappa shape index (κ1) is 13.5. The Kier molecular flexibility index (Phi) is 5.92. The average molecular weight is 243 g/mol. The molecule has 0 spiro atoms. The van der Waals surface area contributed by atoms with E-state index >= 15 is 0 Å². The smallest absolute Gasteiger partial charge is 0.240 e. The Labute approximate surface area is 91.9 Å². The first-order chi connectivity index (χ1) is 6.11. The molecule has 0 aromatic carbocycles. The summed E-state index contributed by atoms with van der Waals surface area (Å²) in [5.74, 6) is 0. The molecule has 1 heterocycles. The first-order valence-corrected chi connectivity index (χ1v) is 4.13. The predicted molar refractivity (Wildman–Crippen MR) is 54.0 cm³/mol. The van der Waals surface area contributed by atoms with Crippen molar-refractivity contribution in [1.82, 2.24) is 4.98 Å². The van der Waals surface area contributed by atoms with Crippen molar-refractivity contribution in [3.8, 4) is 0 Å². The highest BCUT2D eigenvalue weighted by Gasteiger charge is 2.15. The van der Waals surface area contributed by atoms with Crippen molar-refractivity contribution in [2.75, 3.05) is 0 Å². The minimum atomic E-state index is -2.42.